The molecule has 6 heteroatoms. The molecule has 0 saturated heterocycles. The Hall–Kier alpha value is -1.07. The van der Waals surface area contributed by atoms with Crippen molar-refractivity contribution in [3.63, 3.8) is 0 Å². The van der Waals surface area contributed by atoms with Crippen LogP contribution in [0.4, 0.5) is 13.2 Å². The zero-order chi connectivity index (χ0) is 11.5. The van der Waals surface area contributed by atoms with Gasteiger partial charge in [-0.05, 0) is 29.3 Å². The summed E-state index contributed by atoms with van der Waals surface area (Å²) in [6, 6.07) is 5.37. The second-order valence-corrected chi connectivity index (χ2v) is 3.05. The second kappa shape index (κ2) is 4.63. The summed E-state index contributed by atoms with van der Waals surface area (Å²) in [5, 5.41) is -0.654. The van der Waals surface area contributed by atoms with E-state index in [-0.39, 0.29) is 5.56 Å². The molecule has 2 nitrogen and oxygen atoms in total. The maximum atomic E-state index is 11.7. The molecule has 0 unspecified atom stereocenters. The van der Waals surface area contributed by atoms with Crippen LogP contribution in [-0.2, 0) is 11.3 Å². The van der Waals surface area contributed by atoms with Crippen LogP contribution in [0.15, 0.2) is 24.3 Å². The Morgan fingerprint density at radius 3 is 2.20 bits per heavy atom. The quantitative estimate of drug-likeness (QED) is 0.757. The first-order chi connectivity index (χ1) is 6.88. The number of rotatable bonds is 3. The lowest BCUT2D eigenvalue weighted by molar-refractivity contribution is -0.330. The Balaban J connectivity index is 2.61. The van der Waals surface area contributed by atoms with Gasteiger partial charge in [0.05, 0.1) is 6.61 Å². The van der Waals surface area contributed by atoms with Gasteiger partial charge in [-0.3, -0.25) is 9.53 Å². The fourth-order valence-corrected chi connectivity index (χ4v) is 1.02. The highest BCUT2D eigenvalue weighted by Gasteiger charge is 2.28. The van der Waals surface area contributed by atoms with Crippen LogP contribution in [0.25, 0.3) is 0 Å². The first-order valence-corrected chi connectivity index (χ1v) is 4.26. The third kappa shape index (κ3) is 4.31. The van der Waals surface area contributed by atoms with Crippen molar-refractivity contribution in [2.24, 2.45) is 0 Å². The van der Waals surface area contributed by atoms with Gasteiger partial charge in [0.15, 0.2) is 0 Å². The average Bonchev–Trinajstić information content (AvgIpc) is 2.14. The molecule has 0 heterocycles. The summed E-state index contributed by atoms with van der Waals surface area (Å²) < 4.78 is 38.6. The Labute approximate surface area is 88.6 Å². The summed E-state index contributed by atoms with van der Waals surface area (Å²) in [5.41, 5.74) is 0.543. The molecule has 0 fully saturated rings. The van der Waals surface area contributed by atoms with Crippen LogP contribution >= 0.6 is 11.6 Å². The summed E-state index contributed by atoms with van der Waals surface area (Å²) in [5.74, 6) is 0. The number of carbonyl (C=O) groups excluding carboxylic acids is 1. The van der Waals surface area contributed by atoms with Gasteiger partial charge in [-0.1, -0.05) is 12.1 Å². The van der Waals surface area contributed by atoms with Gasteiger partial charge in [0, 0.05) is 5.56 Å². The highest BCUT2D eigenvalue weighted by molar-refractivity contribution is 6.67. The molecule has 0 N–H and O–H groups in total. The van der Waals surface area contributed by atoms with Crippen molar-refractivity contribution >= 4 is 16.8 Å². The third-order valence-electron chi connectivity index (χ3n) is 1.58. The molecule has 1 rings (SSSR count). The van der Waals surface area contributed by atoms with Crippen LogP contribution in [0.3, 0.4) is 0 Å². The van der Waals surface area contributed by atoms with E-state index >= 15 is 0 Å². The molecular weight excluding hydrogens is 233 g/mol. The number of hydrogen-bond acceptors (Lipinski definition) is 2. The topological polar surface area (TPSA) is 26.3 Å². The minimum absolute atomic E-state index is 0.229. The number of ether oxygens (including phenoxy) is 1. The molecule has 1 aromatic carbocycles. The van der Waals surface area contributed by atoms with E-state index in [1.54, 1.807) is 0 Å². The van der Waals surface area contributed by atoms with Crippen LogP contribution in [-0.4, -0.2) is 11.6 Å². The smallest absolute Gasteiger partial charge is 0.287 e. The van der Waals surface area contributed by atoms with E-state index in [1.807, 2.05) is 0 Å². The van der Waals surface area contributed by atoms with Gasteiger partial charge in [0.2, 0.25) is 0 Å². The minimum atomic E-state index is -4.65. The Bertz CT molecular complexity index is 345. The van der Waals surface area contributed by atoms with Crippen LogP contribution in [0.2, 0.25) is 0 Å². The summed E-state index contributed by atoms with van der Waals surface area (Å²) in [7, 11) is 0. The summed E-state index contributed by atoms with van der Waals surface area (Å²) >= 11 is 5.16. The number of benzene rings is 1. The first kappa shape index (κ1) is 12.0. The van der Waals surface area contributed by atoms with Crippen molar-refractivity contribution < 1.29 is 22.7 Å². The zero-order valence-corrected chi connectivity index (χ0v) is 8.10. The maximum absolute atomic E-state index is 11.7. The fourth-order valence-electron chi connectivity index (χ4n) is 0.897. The lowest BCUT2D eigenvalue weighted by Gasteiger charge is -2.07. The van der Waals surface area contributed by atoms with Crippen molar-refractivity contribution in [3.8, 4) is 0 Å². The lowest BCUT2D eigenvalue weighted by Crippen LogP contribution is -2.12. The van der Waals surface area contributed by atoms with E-state index in [4.69, 9.17) is 11.6 Å². The van der Waals surface area contributed by atoms with Gasteiger partial charge in [-0.15, -0.1) is 13.2 Å². The highest BCUT2D eigenvalue weighted by atomic mass is 35.5. The van der Waals surface area contributed by atoms with E-state index in [9.17, 15) is 18.0 Å². The highest BCUT2D eigenvalue weighted by Crippen LogP contribution is 2.19. The van der Waals surface area contributed by atoms with E-state index < -0.39 is 18.2 Å². The van der Waals surface area contributed by atoms with Crippen LogP contribution in [0.1, 0.15) is 15.9 Å². The zero-order valence-electron chi connectivity index (χ0n) is 7.34. The second-order valence-electron chi connectivity index (χ2n) is 2.71. The molecule has 15 heavy (non-hydrogen) atoms. The van der Waals surface area contributed by atoms with E-state index in [2.05, 4.69) is 4.74 Å². The summed E-state index contributed by atoms with van der Waals surface area (Å²) in [4.78, 5) is 10.6. The maximum Gasteiger partial charge on any atom is 0.522 e. The molecule has 0 spiro atoms. The Morgan fingerprint density at radius 2 is 1.80 bits per heavy atom. The predicted molar refractivity (Wildman–Crippen MR) is 47.5 cm³/mol. The van der Waals surface area contributed by atoms with Gasteiger partial charge >= 0.3 is 6.36 Å². The van der Waals surface area contributed by atoms with Gasteiger partial charge in [0.1, 0.15) is 0 Å². The summed E-state index contributed by atoms with van der Waals surface area (Å²) in [6.45, 7) is -0.583. The molecule has 0 amide bonds. The fraction of sp³-hybridized carbons (Fsp3) is 0.222. The molecule has 0 aliphatic rings. The van der Waals surface area contributed by atoms with Gasteiger partial charge in [-0.2, -0.15) is 0 Å². The van der Waals surface area contributed by atoms with Crippen molar-refractivity contribution in [1.29, 1.82) is 0 Å². The molecule has 0 radical (unpaired) electrons. The number of hydrogen-bond donors (Lipinski definition) is 0. The van der Waals surface area contributed by atoms with E-state index in [0.717, 1.165) is 0 Å². The Kier molecular flexibility index (Phi) is 3.71. The largest absolute Gasteiger partial charge is 0.522 e. The van der Waals surface area contributed by atoms with Gasteiger partial charge in [0.25, 0.3) is 5.24 Å². The Morgan fingerprint density at radius 1 is 1.27 bits per heavy atom. The normalized spacial score (nSPS) is 11.5. The molecule has 0 aliphatic heterocycles. The van der Waals surface area contributed by atoms with Crippen LogP contribution in [0, 0.1) is 0 Å². The number of alkyl halides is 3. The minimum Gasteiger partial charge on any atom is -0.287 e. The molecule has 0 saturated carbocycles. The van der Waals surface area contributed by atoms with Crippen molar-refractivity contribution in [2.75, 3.05) is 0 Å². The monoisotopic (exact) mass is 238 g/mol. The molecular formula is C9H6ClF3O2. The molecule has 0 aromatic heterocycles. The molecule has 1 aromatic rings. The van der Waals surface area contributed by atoms with Crippen molar-refractivity contribution in [3.05, 3.63) is 35.4 Å². The van der Waals surface area contributed by atoms with Crippen molar-refractivity contribution in [1.82, 2.24) is 0 Å². The SMILES string of the molecule is O=C(Cl)c1ccc(COC(F)(F)F)cc1. The van der Waals surface area contributed by atoms with Crippen molar-refractivity contribution in [2.45, 2.75) is 13.0 Å². The first-order valence-electron chi connectivity index (χ1n) is 3.88. The summed E-state index contributed by atoms with van der Waals surface area (Å²) in [6.07, 6.45) is -4.65. The number of carbonyl (C=O) groups is 1. The van der Waals surface area contributed by atoms with Crippen LogP contribution in [0.5, 0.6) is 0 Å². The van der Waals surface area contributed by atoms with Crippen LogP contribution < -0.4 is 0 Å². The molecule has 0 aliphatic carbocycles. The number of halogens is 4. The van der Waals surface area contributed by atoms with E-state index in [0.29, 0.717) is 5.56 Å². The molecule has 0 bridgehead atoms. The standard InChI is InChI=1S/C9H6ClF3O2/c10-8(14)7-3-1-6(2-4-7)5-15-9(11,12)13/h1-4H,5H2. The van der Waals surface area contributed by atoms with Gasteiger partial charge in [-0.25, -0.2) is 0 Å². The molecule has 0 atom stereocenters. The van der Waals surface area contributed by atoms with Gasteiger partial charge < -0.3 is 0 Å². The average molecular weight is 239 g/mol. The predicted octanol–water partition coefficient (Wildman–Crippen LogP) is 3.10. The van der Waals surface area contributed by atoms with E-state index in [1.165, 1.54) is 24.3 Å². The third-order valence-corrected chi connectivity index (χ3v) is 1.80. The lowest BCUT2D eigenvalue weighted by atomic mass is 10.1. The molecule has 82 valence electrons.